The number of aromatic nitrogens is 4. The lowest BCUT2D eigenvalue weighted by atomic mass is 10.0. The molecule has 1 amide bonds. The van der Waals surface area contributed by atoms with Crippen LogP contribution in [0.3, 0.4) is 0 Å². The molecule has 10 nitrogen and oxygen atoms in total. The highest BCUT2D eigenvalue weighted by atomic mass is 32.1. The predicted molar refractivity (Wildman–Crippen MR) is 157 cm³/mol. The maximum Gasteiger partial charge on any atom is 0.222 e. The number of likely N-dealkylation sites (tertiary alicyclic amines) is 1. The van der Waals surface area contributed by atoms with Crippen LogP contribution in [0.1, 0.15) is 42.3 Å². The number of carbonyl (C=O) groups excluding carboxylic acids is 1. The summed E-state index contributed by atoms with van der Waals surface area (Å²) < 4.78 is 1.91. The van der Waals surface area contributed by atoms with Gasteiger partial charge in [0.05, 0.1) is 11.8 Å². The number of carbonyl (C=O) groups is 1. The number of amides is 1. The molecule has 0 aliphatic carbocycles. The van der Waals surface area contributed by atoms with Gasteiger partial charge >= 0.3 is 0 Å². The number of imidazole rings is 1. The summed E-state index contributed by atoms with van der Waals surface area (Å²) in [7, 11) is 1.96. The molecule has 2 saturated heterocycles. The number of fused-ring (bicyclic) bond motifs is 1. The van der Waals surface area contributed by atoms with E-state index in [1.165, 1.54) is 11.3 Å². The van der Waals surface area contributed by atoms with Crippen molar-refractivity contribution in [1.29, 1.82) is 5.26 Å². The summed E-state index contributed by atoms with van der Waals surface area (Å²) in [5.41, 5.74) is 3.72. The molecule has 1 N–H and O–H groups in total. The van der Waals surface area contributed by atoms with Crippen molar-refractivity contribution in [2.24, 2.45) is 5.92 Å². The first-order chi connectivity index (χ1) is 19.3. The van der Waals surface area contributed by atoms with Crippen LogP contribution in [0.25, 0.3) is 16.2 Å². The molecule has 12 heteroatoms. The molecule has 2 aliphatic rings. The lowest BCUT2D eigenvalue weighted by Gasteiger charge is -2.36. The Labute approximate surface area is 241 Å². The second kappa shape index (κ2) is 10.8. The zero-order valence-corrected chi connectivity index (χ0v) is 24.5. The summed E-state index contributed by atoms with van der Waals surface area (Å²) in [5.74, 6) is 1.45. The van der Waals surface area contributed by atoms with E-state index in [0.29, 0.717) is 36.0 Å². The molecule has 4 aromatic rings. The van der Waals surface area contributed by atoms with Crippen LogP contribution in [-0.4, -0.2) is 74.8 Å². The molecule has 1 atom stereocenters. The average molecular weight is 577 g/mol. The third-order valence-electron chi connectivity index (χ3n) is 7.76. The summed E-state index contributed by atoms with van der Waals surface area (Å²) in [6.45, 7) is 6.84. The van der Waals surface area contributed by atoms with Crippen LogP contribution in [0.2, 0.25) is 0 Å². The second-order valence-electron chi connectivity index (χ2n) is 10.6. The fourth-order valence-corrected chi connectivity index (χ4v) is 7.18. The molecule has 6 rings (SSSR count). The Morgan fingerprint density at radius 1 is 1.20 bits per heavy atom. The number of aliphatic hydroxyl groups is 1. The van der Waals surface area contributed by atoms with Crippen LogP contribution in [0.15, 0.2) is 24.3 Å². The van der Waals surface area contributed by atoms with E-state index in [2.05, 4.69) is 17.9 Å². The minimum Gasteiger partial charge on any atom is -0.389 e. The van der Waals surface area contributed by atoms with Crippen LogP contribution in [0, 0.1) is 24.2 Å². The van der Waals surface area contributed by atoms with Gasteiger partial charge in [-0.2, -0.15) is 9.78 Å². The van der Waals surface area contributed by atoms with Crippen LogP contribution in [-0.2, 0) is 11.2 Å². The van der Waals surface area contributed by atoms with Crippen molar-refractivity contribution < 1.29 is 9.90 Å². The Kier molecular flexibility index (Phi) is 7.20. The van der Waals surface area contributed by atoms with E-state index >= 15 is 0 Å². The van der Waals surface area contributed by atoms with Crippen molar-refractivity contribution in [3.8, 4) is 17.3 Å². The van der Waals surface area contributed by atoms with Crippen molar-refractivity contribution in [3.05, 3.63) is 40.4 Å². The molecule has 2 fully saturated rings. The van der Waals surface area contributed by atoms with Gasteiger partial charge in [0.1, 0.15) is 16.6 Å². The molecule has 40 heavy (non-hydrogen) atoms. The Balaban J connectivity index is 1.21. The fraction of sp³-hybridized carbons (Fsp3) is 0.464. The Bertz CT molecular complexity index is 1580. The van der Waals surface area contributed by atoms with Crippen LogP contribution >= 0.6 is 22.7 Å². The van der Waals surface area contributed by atoms with Gasteiger partial charge in [0.2, 0.25) is 16.0 Å². The molecule has 0 radical (unpaired) electrons. The van der Waals surface area contributed by atoms with Gasteiger partial charge in [-0.05, 0) is 32.1 Å². The first-order valence-electron chi connectivity index (χ1n) is 13.7. The van der Waals surface area contributed by atoms with Gasteiger partial charge in [-0.3, -0.25) is 4.79 Å². The van der Waals surface area contributed by atoms with E-state index in [1.807, 2.05) is 47.7 Å². The quantitative estimate of drug-likeness (QED) is 0.332. The zero-order chi connectivity index (χ0) is 28.0. The Hall–Kier alpha value is -3.53. The van der Waals surface area contributed by atoms with Crippen LogP contribution < -0.4 is 9.80 Å². The number of aryl methyl sites for hydroxylation is 2. The van der Waals surface area contributed by atoms with Gasteiger partial charge in [0.25, 0.3) is 0 Å². The first-order valence-corrected chi connectivity index (χ1v) is 15.3. The lowest BCUT2D eigenvalue weighted by Crippen LogP contribution is -2.53. The monoisotopic (exact) mass is 576 g/mol. The third kappa shape index (κ3) is 4.93. The minimum atomic E-state index is -0.355. The SMILES string of the molecule is CCc1nc2sc(N3CC[C@@H](CCC(=O)N4CC(O)C4)C3)nn2c1N(C)c1nc(-c2ccc(C)cc2)c(C#N)s1. The van der Waals surface area contributed by atoms with Crippen LogP contribution in [0.5, 0.6) is 0 Å². The fourth-order valence-electron chi connectivity index (χ4n) is 5.38. The summed E-state index contributed by atoms with van der Waals surface area (Å²) in [6, 6.07) is 10.4. The topological polar surface area (TPSA) is 114 Å². The molecule has 0 unspecified atom stereocenters. The molecular weight excluding hydrogens is 544 g/mol. The van der Waals surface area contributed by atoms with Crippen molar-refractivity contribution in [3.63, 3.8) is 0 Å². The summed E-state index contributed by atoms with van der Waals surface area (Å²) in [4.78, 5) is 29.5. The molecule has 208 valence electrons. The largest absolute Gasteiger partial charge is 0.389 e. The number of benzene rings is 1. The average Bonchev–Trinajstić information content (AvgIpc) is 3.72. The van der Waals surface area contributed by atoms with E-state index in [-0.39, 0.29) is 12.0 Å². The van der Waals surface area contributed by atoms with E-state index in [1.54, 1.807) is 16.2 Å². The molecule has 0 spiro atoms. The van der Waals surface area contributed by atoms with E-state index in [9.17, 15) is 15.2 Å². The summed E-state index contributed by atoms with van der Waals surface area (Å²) in [5, 5.41) is 25.9. The molecular formula is C28H32N8O2S2. The lowest BCUT2D eigenvalue weighted by molar-refractivity contribution is -0.141. The first kappa shape index (κ1) is 26.7. The van der Waals surface area contributed by atoms with Crippen molar-refractivity contribution in [1.82, 2.24) is 24.5 Å². The van der Waals surface area contributed by atoms with Gasteiger partial charge in [-0.15, -0.1) is 5.10 Å². The highest BCUT2D eigenvalue weighted by Crippen LogP contribution is 2.39. The maximum absolute atomic E-state index is 12.3. The standard InChI is InChI=1S/C28H32N8O2S2/c1-4-21-25(33(3)26-31-24(22(13-29)39-26)19-8-5-17(2)6-9-19)36-27(30-21)40-28(32-36)34-12-11-18(14-34)7-10-23(38)35-15-20(37)16-35/h5-6,8-9,18,20,37H,4,7,10-12,14-16H2,1-3H3/t18-/m1/s1. The van der Waals surface area contributed by atoms with Gasteiger partial charge in [0, 0.05) is 45.2 Å². The van der Waals surface area contributed by atoms with Gasteiger partial charge in [0.15, 0.2) is 10.9 Å². The number of hydrogen-bond donors (Lipinski definition) is 1. The number of thiazole rings is 1. The molecule has 2 aliphatic heterocycles. The highest BCUT2D eigenvalue weighted by Gasteiger charge is 2.31. The summed E-state index contributed by atoms with van der Waals surface area (Å²) in [6.07, 6.45) is 2.81. The van der Waals surface area contributed by atoms with Crippen LogP contribution in [0.4, 0.5) is 16.1 Å². The molecule has 0 bridgehead atoms. The normalized spacial score (nSPS) is 17.4. The number of nitrogens with zero attached hydrogens (tertiary/aromatic N) is 8. The number of anilines is 3. The highest BCUT2D eigenvalue weighted by molar-refractivity contribution is 7.20. The molecule has 1 aromatic carbocycles. The molecule has 5 heterocycles. The second-order valence-corrected chi connectivity index (χ2v) is 12.5. The third-order valence-corrected chi connectivity index (χ3v) is 9.76. The van der Waals surface area contributed by atoms with Crippen molar-refractivity contribution in [2.75, 3.05) is 43.0 Å². The van der Waals surface area contributed by atoms with E-state index in [4.69, 9.17) is 15.1 Å². The van der Waals surface area contributed by atoms with E-state index < -0.39 is 0 Å². The van der Waals surface area contributed by atoms with Gasteiger partial charge in [-0.25, -0.2) is 9.97 Å². The predicted octanol–water partition coefficient (Wildman–Crippen LogP) is 4.23. The zero-order valence-electron chi connectivity index (χ0n) is 22.9. The summed E-state index contributed by atoms with van der Waals surface area (Å²) >= 11 is 2.95. The molecule has 0 saturated carbocycles. The Morgan fingerprint density at radius 3 is 2.67 bits per heavy atom. The Morgan fingerprint density at radius 2 is 1.98 bits per heavy atom. The van der Waals surface area contributed by atoms with Gasteiger partial charge < -0.3 is 19.8 Å². The van der Waals surface area contributed by atoms with Crippen molar-refractivity contribution in [2.45, 2.75) is 45.6 Å². The van der Waals surface area contributed by atoms with Crippen molar-refractivity contribution >= 4 is 49.6 Å². The number of β-amino-alcohol motifs (C(OH)–C–C–N with tert-alkyl or cyclic N) is 1. The van der Waals surface area contributed by atoms with Gasteiger partial charge in [-0.1, -0.05) is 59.4 Å². The molecule has 3 aromatic heterocycles. The number of hydrogen-bond acceptors (Lipinski definition) is 10. The number of rotatable bonds is 8. The van der Waals surface area contributed by atoms with E-state index in [0.717, 1.165) is 70.2 Å². The number of aliphatic hydroxyl groups excluding tert-OH is 1. The number of nitriles is 1. The maximum atomic E-state index is 12.3. The smallest absolute Gasteiger partial charge is 0.222 e. The minimum absolute atomic E-state index is 0.142.